The molecule has 1 heterocycles. The van der Waals surface area contributed by atoms with Crippen LogP contribution in [0.2, 0.25) is 5.02 Å². The number of halogens is 3. The Morgan fingerprint density at radius 1 is 1.13 bits per heavy atom. The minimum absolute atomic E-state index is 0.0201. The van der Waals surface area contributed by atoms with Gasteiger partial charge in [0.2, 0.25) is 0 Å². The van der Waals surface area contributed by atoms with E-state index >= 15 is 0 Å². The molecule has 0 aliphatic carbocycles. The van der Waals surface area contributed by atoms with Crippen molar-refractivity contribution in [2.75, 3.05) is 16.2 Å². The average molecular weight is 526 g/mol. The molecular formula is C21H15BrClFN2O4S. The van der Waals surface area contributed by atoms with Crippen molar-refractivity contribution in [3.05, 3.63) is 82.0 Å². The molecule has 0 saturated heterocycles. The first kappa shape index (κ1) is 21.6. The van der Waals surface area contributed by atoms with Crippen LogP contribution in [-0.4, -0.2) is 27.0 Å². The lowest BCUT2D eigenvalue weighted by molar-refractivity contribution is -0.122. The summed E-state index contributed by atoms with van der Waals surface area (Å²) in [5, 5.41) is 2.86. The Balaban J connectivity index is 1.67. The van der Waals surface area contributed by atoms with Crippen LogP contribution < -0.4 is 14.4 Å². The molecule has 4 rings (SSSR count). The number of nitrogens with zero attached hydrogens (tertiary/aromatic N) is 1. The van der Waals surface area contributed by atoms with Crippen molar-refractivity contribution in [2.45, 2.75) is 11.0 Å². The molecule has 0 spiro atoms. The number of amides is 1. The summed E-state index contributed by atoms with van der Waals surface area (Å²) in [5.74, 6) is -1.08. The quantitative estimate of drug-likeness (QED) is 0.529. The van der Waals surface area contributed by atoms with Gasteiger partial charge in [-0.3, -0.25) is 9.10 Å². The highest BCUT2D eigenvalue weighted by atomic mass is 79.9. The molecule has 0 aromatic heterocycles. The molecule has 3 aromatic rings. The molecule has 0 fully saturated rings. The third-order valence-electron chi connectivity index (χ3n) is 4.62. The number of ether oxygens (including phenoxy) is 1. The molecule has 1 atom stereocenters. The van der Waals surface area contributed by atoms with Crippen LogP contribution in [0.25, 0.3) is 0 Å². The summed E-state index contributed by atoms with van der Waals surface area (Å²) < 4.78 is 48.1. The maximum Gasteiger partial charge on any atom is 0.267 e. The van der Waals surface area contributed by atoms with Gasteiger partial charge in [-0.2, -0.15) is 0 Å². The zero-order chi connectivity index (χ0) is 22.2. The zero-order valence-electron chi connectivity index (χ0n) is 15.8. The summed E-state index contributed by atoms with van der Waals surface area (Å²) >= 11 is 9.03. The molecule has 3 aromatic carbocycles. The Morgan fingerprint density at radius 2 is 1.84 bits per heavy atom. The molecule has 10 heteroatoms. The highest BCUT2D eigenvalue weighted by Gasteiger charge is 2.37. The SMILES string of the molecule is O=C(Nc1ccc(Br)cc1F)C1CN(S(=O)(=O)c2ccc(Cl)cc2)c2ccccc2O1. The third kappa shape index (κ3) is 4.39. The molecule has 160 valence electrons. The first-order valence-corrected chi connectivity index (χ1v) is 11.7. The van der Waals surface area contributed by atoms with Crippen LogP contribution in [0.4, 0.5) is 15.8 Å². The van der Waals surface area contributed by atoms with Gasteiger partial charge in [-0.15, -0.1) is 0 Å². The largest absolute Gasteiger partial charge is 0.476 e. The van der Waals surface area contributed by atoms with Crippen LogP contribution in [0.1, 0.15) is 0 Å². The summed E-state index contributed by atoms with van der Waals surface area (Å²) in [5.41, 5.74) is 0.263. The highest BCUT2D eigenvalue weighted by molar-refractivity contribution is 9.10. The van der Waals surface area contributed by atoms with Gasteiger partial charge in [0.1, 0.15) is 11.6 Å². The lowest BCUT2D eigenvalue weighted by Crippen LogP contribution is -2.48. The Hall–Kier alpha value is -2.62. The smallest absolute Gasteiger partial charge is 0.267 e. The molecule has 31 heavy (non-hydrogen) atoms. The van der Waals surface area contributed by atoms with Crippen LogP contribution in [0.5, 0.6) is 5.75 Å². The molecule has 0 radical (unpaired) electrons. The molecular weight excluding hydrogens is 511 g/mol. The molecule has 1 unspecified atom stereocenters. The van der Waals surface area contributed by atoms with Gasteiger partial charge in [-0.1, -0.05) is 39.7 Å². The Morgan fingerprint density at radius 3 is 2.55 bits per heavy atom. The minimum atomic E-state index is -4.01. The van der Waals surface area contributed by atoms with Crippen LogP contribution in [0.15, 0.2) is 76.1 Å². The van der Waals surface area contributed by atoms with Gasteiger partial charge in [-0.25, -0.2) is 12.8 Å². The Bertz CT molecular complexity index is 1250. The molecule has 1 amide bonds. The molecule has 0 saturated carbocycles. The molecule has 1 N–H and O–H groups in total. The normalized spacial score (nSPS) is 15.7. The second-order valence-corrected chi connectivity index (χ2v) is 9.89. The van der Waals surface area contributed by atoms with E-state index in [4.69, 9.17) is 16.3 Å². The molecule has 1 aliphatic rings. The van der Waals surface area contributed by atoms with Gasteiger partial charge in [0.15, 0.2) is 6.10 Å². The van der Waals surface area contributed by atoms with E-state index in [1.165, 1.54) is 36.4 Å². The van der Waals surface area contributed by atoms with E-state index in [1.54, 1.807) is 30.3 Å². The van der Waals surface area contributed by atoms with Gasteiger partial charge < -0.3 is 10.1 Å². The lowest BCUT2D eigenvalue weighted by Gasteiger charge is -2.34. The zero-order valence-corrected chi connectivity index (χ0v) is 18.9. The summed E-state index contributed by atoms with van der Waals surface area (Å²) in [6.07, 6.45) is -1.19. The van der Waals surface area contributed by atoms with Crippen molar-refractivity contribution >= 4 is 54.8 Å². The van der Waals surface area contributed by atoms with Crippen LogP contribution in [0.3, 0.4) is 0 Å². The van der Waals surface area contributed by atoms with Gasteiger partial charge in [0.05, 0.1) is 22.8 Å². The topological polar surface area (TPSA) is 75.7 Å². The van der Waals surface area contributed by atoms with E-state index in [0.29, 0.717) is 15.2 Å². The van der Waals surface area contributed by atoms with Crippen LogP contribution >= 0.6 is 27.5 Å². The predicted octanol–water partition coefficient (Wildman–Crippen LogP) is 4.84. The van der Waals surface area contributed by atoms with Crippen molar-refractivity contribution in [1.29, 1.82) is 0 Å². The number of sulfonamides is 1. The first-order chi connectivity index (χ1) is 14.8. The van der Waals surface area contributed by atoms with Gasteiger partial charge in [-0.05, 0) is 54.6 Å². The second kappa shape index (κ2) is 8.49. The number of anilines is 2. The fourth-order valence-corrected chi connectivity index (χ4v) is 5.04. The average Bonchev–Trinajstić information content (AvgIpc) is 2.75. The minimum Gasteiger partial charge on any atom is -0.476 e. The fraction of sp³-hybridized carbons (Fsp3) is 0.0952. The van der Waals surface area contributed by atoms with Gasteiger partial charge >= 0.3 is 0 Å². The number of nitrogens with one attached hydrogen (secondary N) is 1. The lowest BCUT2D eigenvalue weighted by atomic mass is 10.2. The first-order valence-electron chi connectivity index (χ1n) is 9.05. The standard InChI is InChI=1S/C21H15BrClFN2O4S/c22-13-5-10-17(16(24)11-13)25-21(27)20-12-26(18-3-1-2-4-19(18)30-20)31(28,29)15-8-6-14(23)7-9-15/h1-11,20H,12H2,(H,25,27). The number of rotatable bonds is 4. The van der Waals surface area contributed by atoms with E-state index in [1.807, 2.05) is 0 Å². The third-order valence-corrected chi connectivity index (χ3v) is 7.16. The monoisotopic (exact) mass is 524 g/mol. The maximum atomic E-state index is 14.1. The predicted molar refractivity (Wildman–Crippen MR) is 120 cm³/mol. The number of para-hydroxylation sites is 2. The number of hydrogen-bond acceptors (Lipinski definition) is 4. The van der Waals surface area contributed by atoms with E-state index in [-0.39, 0.29) is 22.9 Å². The van der Waals surface area contributed by atoms with E-state index in [0.717, 1.165) is 4.31 Å². The second-order valence-electron chi connectivity index (χ2n) is 6.68. The summed E-state index contributed by atoms with van der Waals surface area (Å²) in [4.78, 5) is 12.8. The fourth-order valence-electron chi connectivity index (χ4n) is 3.10. The summed E-state index contributed by atoms with van der Waals surface area (Å²) in [6.45, 7) is -0.286. The van der Waals surface area contributed by atoms with Crippen molar-refractivity contribution in [3.8, 4) is 5.75 Å². The number of carbonyl (C=O) groups excluding carboxylic acids is 1. The van der Waals surface area contributed by atoms with E-state index in [2.05, 4.69) is 21.2 Å². The summed E-state index contributed by atoms with van der Waals surface area (Å²) in [6, 6.07) is 16.4. The van der Waals surface area contributed by atoms with Crippen molar-refractivity contribution in [3.63, 3.8) is 0 Å². The number of carbonyl (C=O) groups is 1. The number of fused-ring (bicyclic) bond motifs is 1. The van der Waals surface area contributed by atoms with Crippen molar-refractivity contribution in [1.82, 2.24) is 0 Å². The Kier molecular flexibility index (Phi) is 5.92. The van der Waals surface area contributed by atoms with Crippen molar-refractivity contribution in [2.24, 2.45) is 0 Å². The van der Waals surface area contributed by atoms with Gasteiger partial charge in [0.25, 0.3) is 15.9 Å². The number of benzene rings is 3. The van der Waals surface area contributed by atoms with Crippen LogP contribution in [0, 0.1) is 5.82 Å². The summed E-state index contributed by atoms with van der Waals surface area (Å²) in [7, 11) is -4.01. The van der Waals surface area contributed by atoms with E-state index < -0.39 is 27.9 Å². The van der Waals surface area contributed by atoms with E-state index in [9.17, 15) is 17.6 Å². The number of hydrogen-bond donors (Lipinski definition) is 1. The maximum absolute atomic E-state index is 14.1. The van der Waals surface area contributed by atoms with Crippen molar-refractivity contribution < 1.29 is 22.3 Å². The highest BCUT2D eigenvalue weighted by Crippen LogP contribution is 2.37. The molecule has 0 bridgehead atoms. The van der Waals surface area contributed by atoms with Crippen LogP contribution in [-0.2, 0) is 14.8 Å². The molecule has 1 aliphatic heterocycles. The molecule has 6 nitrogen and oxygen atoms in total. The Labute approximate surface area is 191 Å². The van der Waals surface area contributed by atoms with Gasteiger partial charge in [0, 0.05) is 9.50 Å².